The first kappa shape index (κ1) is 18.9. The number of fused-ring (bicyclic) bond motifs is 1. The van der Waals surface area contributed by atoms with E-state index in [2.05, 4.69) is 0 Å². The second-order valence-corrected chi connectivity index (χ2v) is 6.77. The molecule has 0 bridgehead atoms. The molecule has 2 fully saturated rings. The third-order valence-electron chi connectivity index (χ3n) is 4.59. The number of nitrogens with one attached hydrogen (secondary N) is 1. The first-order valence-corrected chi connectivity index (χ1v) is 8.37. The number of nitrogens with two attached hydrogens (primary N) is 1. The van der Waals surface area contributed by atoms with Crippen LogP contribution in [0.15, 0.2) is 0 Å². The fraction of sp³-hybridized carbons (Fsp3) is 0.688. The van der Waals surface area contributed by atoms with Crippen LogP contribution in [0, 0.1) is 17.8 Å². The van der Waals surface area contributed by atoms with Crippen molar-refractivity contribution < 1.29 is 28.7 Å². The Bertz CT molecular complexity index is 579. The number of ether oxygens (including phenoxy) is 1. The van der Waals surface area contributed by atoms with Crippen LogP contribution < -0.4 is 11.1 Å². The Morgan fingerprint density at radius 2 is 1.68 bits per heavy atom. The highest BCUT2D eigenvalue weighted by Gasteiger charge is 2.48. The smallest absolute Gasteiger partial charge is 0.326 e. The van der Waals surface area contributed by atoms with Crippen molar-refractivity contribution in [3.8, 4) is 0 Å². The van der Waals surface area contributed by atoms with E-state index in [0.29, 0.717) is 12.8 Å². The molecule has 3 N–H and O–H groups in total. The van der Waals surface area contributed by atoms with Gasteiger partial charge in [0.25, 0.3) is 5.91 Å². The number of urea groups is 1. The van der Waals surface area contributed by atoms with Gasteiger partial charge in [-0.15, -0.1) is 0 Å². The number of hydrogen-bond acceptors (Lipinski definition) is 6. The first-order valence-electron chi connectivity index (χ1n) is 8.37. The number of esters is 1. The van der Waals surface area contributed by atoms with Crippen molar-refractivity contribution in [1.82, 2.24) is 10.2 Å². The number of likely N-dealkylation sites (tertiary alicyclic amines) is 1. The summed E-state index contributed by atoms with van der Waals surface area (Å²) in [6, 6.07) is -1.05. The van der Waals surface area contributed by atoms with Gasteiger partial charge in [0.2, 0.25) is 11.8 Å². The van der Waals surface area contributed by atoms with E-state index < -0.39 is 36.5 Å². The van der Waals surface area contributed by atoms with Crippen LogP contribution >= 0.6 is 0 Å². The molecule has 138 valence electrons. The van der Waals surface area contributed by atoms with E-state index in [4.69, 9.17) is 10.5 Å². The highest BCUT2D eigenvalue weighted by Crippen LogP contribution is 2.37. The van der Waals surface area contributed by atoms with E-state index in [1.54, 1.807) is 13.8 Å². The lowest BCUT2D eigenvalue weighted by molar-refractivity contribution is -0.162. The summed E-state index contributed by atoms with van der Waals surface area (Å²) in [6.07, 6.45) is 1.84. The third kappa shape index (κ3) is 4.15. The monoisotopic (exact) mass is 353 g/mol. The molecule has 1 saturated carbocycles. The number of primary amides is 1. The van der Waals surface area contributed by atoms with Gasteiger partial charge in [0.1, 0.15) is 6.54 Å². The molecule has 2 rings (SSSR count). The van der Waals surface area contributed by atoms with Gasteiger partial charge in [-0.25, -0.2) is 4.79 Å². The lowest BCUT2D eigenvalue weighted by atomic mass is 9.81. The molecule has 1 aliphatic heterocycles. The molecule has 0 spiro atoms. The van der Waals surface area contributed by atoms with Crippen LogP contribution in [0.2, 0.25) is 0 Å². The molecule has 0 aromatic heterocycles. The van der Waals surface area contributed by atoms with Crippen molar-refractivity contribution >= 4 is 29.7 Å². The zero-order valence-corrected chi connectivity index (χ0v) is 14.3. The molecule has 1 aliphatic carbocycles. The molecule has 0 aromatic rings. The fourth-order valence-electron chi connectivity index (χ4n) is 3.38. The van der Waals surface area contributed by atoms with Crippen molar-refractivity contribution in [2.75, 3.05) is 6.54 Å². The average Bonchev–Trinajstić information content (AvgIpc) is 2.77. The summed E-state index contributed by atoms with van der Waals surface area (Å²) >= 11 is 0. The fourth-order valence-corrected chi connectivity index (χ4v) is 3.38. The number of carbonyl (C=O) groups excluding carboxylic acids is 5. The maximum atomic E-state index is 12.3. The van der Waals surface area contributed by atoms with Crippen LogP contribution in [0.25, 0.3) is 0 Å². The summed E-state index contributed by atoms with van der Waals surface area (Å²) in [5, 5.41) is 1.86. The molecule has 1 heterocycles. The molecule has 0 aromatic carbocycles. The van der Waals surface area contributed by atoms with Gasteiger partial charge in [0.05, 0.1) is 11.8 Å². The van der Waals surface area contributed by atoms with Gasteiger partial charge in [-0.1, -0.05) is 26.7 Å². The molecule has 3 atom stereocenters. The molecule has 0 unspecified atom stereocenters. The van der Waals surface area contributed by atoms with Crippen molar-refractivity contribution in [3.63, 3.8) is 0 Å². The number of hydrogen-bond donors (Lipinski definition) is 2. The van der Waals surface area contributed by atoms with Crippen LogP contribution in [-0.2, 0) is 23.9 Å². The van der Waals surface area contributed by atoms with Gasteiger partial charge in [-0.3, -0.25) is 29.4 Å². The number of amides is 5. The molecule has 9 nitrogen and oxygen atoms in total. The standard InChI is InChI=1S/C16H23N3O6/c1-8(2)12(13(21)18-16(17)24)25-11(20)7-19-14(22)9-5-3-4-6-10(9)15(19)23/h8-10,12H,3-7H2,1-2H3,(H3,17,18,21,24)/t9-,10-,12+/m1/s1. The Balaban J connectivity index is 2.00. The van der Waals surface area contributed by atoms with Gasteiger partial charge >= 0.3 is 12.0 Å². The summed E-state index contributed by atoms with van der Waals surface area (Å²) in [5.74, 6) is -3.55. The van der Waals surface area contributed by atoms with E-state index in [9.17, 15) is 24.0 Å². The predicted molar refractivity (Wildman–Crippen MR) is 84.6 cm³/mol. The van der Waals surface area contributed by atoms with Crippen molar-refractivity contribution in [1.29, 1.82) is 0 Å². The molecule has 1 saturated heterocycles. The molecule has 5 amide bonds. The number of nitrogens with zero attached hydrogens (tertiary/aromatic N) is 1. The first-order chi connectivity index (χ1) is 11.7. The largest absolute Gasteiger partial charge is 0.451 e. The molecule has 0 radical (unpaired) electrons. The van der Waals surface area contributed by atoms with Gasteiger partial charge < -0.3 is 10.5 Å². The summed E-state index contributed by atoms with van der Waals surface area (Å²) in [5.41, 5.74) is 4.89. The quantitative estimate of drug-likeness (QED) is 0.524. The lowest BCUT2D eigenvalue weighted by Gasteiger charge is -2.21. The van der Waals surface area contributed by atoms with E-state index in [0.717, 1.165) is 17.7 Å². The zero-order chi connectivity index (χ0) is 18.7. The maximum Gasteiger partial charge on any atom is 0.326 e. The summed E-state index contributed by atoms with van der Waals surface area (Å²) in [6.45, 7) is 2.72. The van der Waals surface area contributed by atoms with Gasteiger partial charge in [0.15, 0.2) is 6.10 Å². The van der Waals surface area contributed by atoms with Crippen LogP contribution in [0.1, 0.15) is 39.5 Å². The Morgan fingerprint density at radius 3 is 2.12 bits per heavy atom. The van der Waals surface area contributed by atoms with Crippen LogP contribution in [0.4, 0.5) is 4.79 Å². The summed E-state index contributed by atoms with van der Waals surface area (Å²) < 4.78 is 5.08. The zero-order valence-electron chi connectivity index (χ0n) is 14.3. The molecular formula is C16H23N3O6. The summed E-state index contributed by atoms with van der Waals surface area (Å²) in [7, 11) is 0. The SMILES string of the molecule is CC(C)[C@H](OC(=O)CN1C(=O)[C@@H]2CCCC[C@H]2C1=O)C(=O)NC(N)=O. The normalized spacial score (nSPS) is 24.0. The highest BCUT2D eigenvalue weighted by molar-refractivity contribution is 6.07. The second-order valence-electron chi connectivity index (χ2n) is 6.77. The van der Waals surface area contributed by atoms with E-state index in [-0.39, 0.29) is 23.7 Å². The third-order valence-corrected chi connectivity index (χ3v) is 4.59. The van der Waals surface area contributed by atoms with Crippen molar-refractivity contribution in [2.45, 2.75) is 45.6 Å². The minimum absolute atomic E-state index is 0.352. The van der Waals surface area contributed by atoms with Gasteiger partial charge in [-0.2, -0.15) is 0 Å². The number of carbonyl (C=O) groups is 5. The van der Waals surface area contributed by atoms with E-state index in [1.807, 2.05) is 5.32 Å². The van der Waals surface area contributed by atoms with E-state index >= 15 is 0 Å². The van der Waals surface area contributed by atoms with Crippen molar-refractivity contribution in [2.24, 2.45) is 23.5 Å². The lowest BCUT2D eigenvalue weighted by Crippen LogP contribution is -2.47. The molecule has 9 heteroatoms. The summed E-state index contributed by atoms with van der Waals surface area (Å²) in [4.78, 5) is 60.4. The molecule has 2 aliphatic rings. The highest BCUT2D eigenvalue weighted by atomic mass is 16.5. The topological polar surface area (TPSA) is 136 Å². The average molecular weight is 353 g/mol. The van der Waals surface area contributed by atoms with E-state index in [1.165, 1.54) is 0 Å². The Hall–Kier alpha value is -2.45. The van der Waals surface area contributed by atoms with Crippen molar-refractivity contribution in [3.05, 3.63) is 0 Å². The number of rotatable bonds is 5. The Morgan fingerprint density at radius 1 is 1.16 bits per heavy atom. The number of imide groups is 2. The van der Waals surface area contributed by atoms with Gasteiger partial charge in [0, 0.05) is 0 Å². The Kier molecular flexibility index (Phi) is 5.76. The molecular weight excluding hydrogens is 330 g/mol. The Labute approximate surface area is 145 Å². The van der Waals surface area contributed by atoms with Crippen LogP contribution in [0.3, 0.4) is 0 Å². The maximum absolute atomic E-state index is 12.3. The minimum atomic E-state index is -1.24. The molecule has 25 heavy (non-hydrogen) atoms. The second kappa shape index (κ2) is 7.62. The van der Waals surface area contributed by atoms with Crippen LogP contribution in [-0.4, -0.2) is 47.3 Å². The van der Waals surface area contributed by atoms with Gasteiger partial charge in [-0.05, 0) is 18.8 Å². The predicted octanol–water partition coefficient (Wildman–Crippen LogP) is -0.0757. The van der Waals surface area contributed by atoms with Crippen LogP contribution in [0.5, 0.6) is 0 Å². The minimum Gasteiger partial charge on any atom is -0.451 e.